The van der Waals surface area contributed by atoms with E-state index in [0.717, 1.165) is 55.4 Å². The Morgan fingerprint density at radius 1 is 0.233 bits per heavy atom. The number of carbonyl (C=O) groups excluding carboxylic acids is 8. The Morgan fingerprint density at radius 2 is 0.300 bits per heavy atom. The number of aromatic nitrogens is 6. The van der Waals surface area contributed by atoms with Gasteiger partial charge in [-0.05, 0) is 128 Å². The van der Waals surface area contributed by atoms with Crippen molar-refractivity contribution in [3.05, 3.63) is 184 Å². The molecule has 0 aliphatic carbocycles. The minimum absolute atomic E-state index is 0. The summed E-state index contributed by atoms with van der Waals surface area (Å²) in [6, 6.07) is 34.3. The second kappa shape index (κ2) is 107. The Balaban J connectivity index is -0.0000000464. The molecule has 500 valence electrons. The van der Waals surface area contributed by atoms with E-state index >= 15 is 0 Å². The molecule has 90 heavy (non-hydrogen) atoms. The predicted octanol–water partition coefficient (Wildman–Crippen LogP) is -9.33. The fourth-order valence-electron chi connectivity index (χ4n) is 2.13. The van der Waals surface area contributed by atoms with Gasteiger partial charge in [0, 0.05) is 122 Å². The zero-order valence-corrected chi connectivity index (χ0v) is 57.6. The van der Waals surface area contributed by atoms with E-state index in [0.29, 0.717) is 0 Å². The van der Waals surface area contributed by atoms with Gasteiger partial charge in [0.05, 0.1) is 0 Å². The third-order valence-electron chi connectivity index (χ3n) is 5.49. The molecule has 4 radical (unpaired) electrons. The maximum Gasteiger partial charge on any atom is 3.00 e. The van der Waals surface area contributed by atoms with Crippen molar-refractivity contribution in [1.29, 1.82) is 0 Å². The summed E-state index contributed by atoms with van der Waals surface area (Å²) in [5, 5.41) is 131. The minimum Gasteiger partial charge on any atom is -0.854 e. The van der Waals surface area contributed by atoms with Gasteiger partial charge in [-0.1, -0.05) is 61.1 Å². The fraction of sp³-hybridized carbons (Fsp3) is 0.321. The van der Waals surface area contributed by atoms with Crippen LogP contribution in [-0.4, -0.2) is 117 Å². The fourth-order valence-corrected chi connectivity index (χ4v) is 2.13. The summed E-state index contributed by atoms with van der Waals surface area (Å²) in [5.41, 5.74) is -2.08. The van der Waals surface area contributed by atoms with Crippen LogP contribution in [0.3, 0.4) is 0 Å². The Morgan fingerprint density at radius 3 is 0.311 bits per heavy atom. The topological polar surface area (TPSA) is 537 Å². The van der Waals surface area contributed by atoms with Crippen molar-refractivity contribution >= 4 is 47.8 Å². The molecular weight excluding hydrogens is 1440 g/mol. The third kappa shape index (κ3) is 234. The second-order valence-electron chi connectivity index (χ2n) is 14.6. The molecule has 0 fully saturated rings. The number of nitrogens with zero attached hydrogens (tertiary/aromatic N) is 6. The van der Waals surface area contributed by atoms with Gasteiger partial charge in [-0.15, -0.1) is 39.6 Å². The van der Waals surface area contributed by atoms with E-state index in [-0.39, 0.29) is 102 Å². The number of carboxylic acid groups (broad SMARTS) is 8. The molecular formula is C56H72Mn6N6O22. The molecule has 6 rings (SSSR count). The Kier molecular flexibility index (Phi) is 149. The first-order valence-corrected chi connectivity index (χ1v) is 23.2. The third-order valence-corrected chi connectivity index (χ3v) is 5.49. The van der Waals surface area contributed by atoms with Gasteiger partial charge in [0.1, 0.15) is 0 Å². The summed E-state index contributed by atoms with van der Waals surface area (Å²) in [4.78, 5) is 93.8. The predicted molar refractivity (Wildman–Crippen MR) is 276 cm³/mol. The molecule has 6 aromatic heterocycles. The summed E-state index contributed by atoms with van der Waals surface area (Å²) in [6.45, 7) is 7.28. The van der Waals surface area contributed by atoms with Crippen LogP contribution in [-0.2, 0) is 141 Å². The number of hydrogen-bond acceptors (Lipinski definition) is 28. The smallest absolute Gasteiger partial charge is 0.854 e. The van der Waals surface area contributed by atoms with Crippen LogP contribution in [0.25, 0.3) is 0 Å². The maximum absolute atomic E-state index is 10.0. The van der Waals surface area contributed by atoms with Crippen molar-refractivity contribution in [2.45, 2.75) is 69.2 Å². The molecule has 28 nitrogen and oxygen atoms in total. The monoisotopic (exact) mass is 1510 g/mol. The van der Waals surface area contributed by atoms with Gasteiger partial charge in [0.2, 0.25) is 0 Å². The van der Waals surface area contributed by atoms with E-state index < -0.39 is 98.2 Å². The van der Waals surface area contributed by atoms with Gasteiger partial charge >= 0.3 is 102 Å². The van der Waals surface area contributed by atoms with Crippen LogP contribution >= 0.6 is 0 Å². The van der Waals surface area contributed by atoms with Crippen molar-refractivity contribution < 1.29 is 212 Å². The normalized spacial score (nSPS) is 7.56. The van der Waals surface area contributed by atoms with E-state index in [1.54, 1.807) is 74.4 Å². The van der Waals surface area contributed by atoms with Crippen LogP contribution in [0.4, 0.5) is 0 Å². The number of rotatable bonds is 6. The molecule has 0 spiro atoms. The van der Waals surface area contributed by atoms with Crippen LogP contribution in [0.1, 0.15) is 69.2 Å². The summed E-state index contributed by atoms with van der Waals surface area (Å²) >= 11 is 0. The molecule has 6 heterocycles. The molecule has 0 bridgehead atoms. The maximum atomic E-state index is 10.0. The molecule has 0 aromatic carbocycles. The quantitative estimate of drug-likeness (QED) is 0.140. The standard InChI is InChI=1S/6C5H5N.2C5H9O3.8C2H4O2.6Mn/c6*1-2-4-6-5-3-1;2*1-5(2-6,3-7)4-8;8*1-2(3)4;;;;;;/h6*1-5H;2*2-4H2,1H3;8*1H3,(H,3,4);;;;;;/q;;;;;;2*-3;;;;;;;;;4*+2;2*+3/p-8. The van der Waals surface area contributed by atoms with Gasteiger partial charge in [-0.25, -0.2) is 0 Å². The van der Waals surface area contributed by atoms with Crippen molar-refractivity contribution in [2.24, 2.45) is 10.8 Å². The molecule has 0 saturated heterocycles. The summed E-state index contributed by atoms with van der Waals surface area (Å²) < 4.78 is 0. The minimum atomic E-state index is -1.08. The number of pyridine rings is 6. The zero-order valence-electron chi connectivity index (χ0n) is 50.5. The van der Waals surface area contributed by atoms with Crippen LogP contribution in [0, 0.1) is 10.8 Å². The number of carboxylic acids is 8. The van der Waals surface area contributed by atoms with Crippen LogP contribution < -0.4 is 71.5 Å². The number of hydrogen-bond donors (Lipinski definition) is 0. The molecule has 0 unspecified atom stereocenters. The molecule has 0 amide bonds. The van der Waals surface area contributed by atoms with Crippen molar-refractivity contribution in [1.82, 2.24) is 29.9 Å². The Labute approximate surface area is 589 Å². The Hall–Kier alpha value is -6.46. The first kappa shape index (κ1) is 125. The largest absolute Gasteiger partial charge is 3.00 e. The second-order valence-corrected chi connectivity index (χ2v) is 14.6. The zero-order chi connectivity index (χ0) is 67.3. The van der Waals surface area contributed by atoms with E-state index in [2.05, 4.69) is 29.9 Å². The number of aliphatic carboxylic acids is 8. The van der Waals surface area contributed by atoms with E-state index in [9.17, 15) is 30.6 Å². The molecule has 0 N–H and O–H groups in total. The first-order chi connectivity index (χ1) is 39.2. The van der Waals surface area contributed by atoms with Crippen LogP contribution in [0.5, 0.6) is 0 Å². The average molecular weight is 1510 g/mol. The first-order valence-electron chi connectivity index (χ1n) is 23.2. The molecule has 6 aromatic rings. The molecule has 0 atom stereocenters. The van der Waals surface area contributed by atoms with Gasteiger partial charge in [-0.3, -0.25) is 29.9 Å². The SMILES string of the molecule is CC(=O)[O-].CC(=O)[O-].CC(=O)[O-].CC(=O)[O-].CC(=O)[O-].CC(=O)[O-].CC(=O)[O-].CC(=O)[O-].CC(C[O-])(C[O-])C[O-].CC(C[O-])(C[O-])C[O-].[Mn+2].[Mn+2].[Mn+2].[Mn+2].[Mn+3].[Mn+3].c1ccncc1.c1ccncc1.c1ccncc1.c1ccncc1.c1ccncc1.c1ccncc1. The van der Waals surface area contributed by atoms with Crippen molar-refractivity contribution in [3.8, 4) is 0 Å². The Bertz CT molecular complexity index is 1660. The molecule has 0 aliphatic rings. The number of carbonyl (C=O) groups is 8. The summed E-state index contributed by atoms with van der Waals surface area (Å²) in [5.74, 6) is -8.67. The van der Waals surface area contributed by atoms with Crippen molar-refractivity contribution in [3.63, 3.8) is 0 Å². The van der Waals surface area contributed by atoms with Crippen LogP contribution in [0.2, 0.25) is 0 Å². The van der Waals surface area contributed by atoms with Gasteiger partial charge in [0.25, 0.3) is 0 Å². The molecule has 0 saturated carbocycles. The van der Waals surface area contributed by atoms with Gasteiger partial charge in [0.15, 0.2) is 0 Å². The van der Waals surface area contributed by atoms with E-state index in [1.165, 1.54) is 13.8 Å². The van der Waals surface area contributed by atoms with Gasteiger partial charge in [-0.2, -0.15) is 0 Å². The molecule has 34 heteroatoms. The average Bonchev–Trinajstić information content (AvgIpc) is 3.45. The van der Waals surface area contributed by atoms with E-state index in [4.69, 9.17) is 79.2 Å². The molecule has 0 aliphatic heterocycles. The van der Waals surface area contributed by atoms with Crippen LogP contribution in [0.15, 0.2) is 184 Å². The van der Waals surface area contributed by atoms with E-state index in [1.807, 2.05) is 109 Å². The van der Waals surface area contributed by atoms with Gasteiger partial charge < -0.3 is 110 Å². The summed E-state index contributed by atoms with van der Waals surface area (Å²) in [7, 11) is 0. The summed E-state index contributed by atoms with van der Waals surface area (Å²) in [6.07, 6.45) is 21.0. The van der Waals surface area contributed by atoms with Crippen molar-refractivity contribution in [2.75, 3.05) is 39.6 Å².